The molecule has 2 aromatic rings. The van der Waals surface area contributed by atoms with Crippen molar-refractivity contribution in [3.63, 3.8) is 0 Å². The summed E-state index contributed by atoms with van der Waals surface area (Å²) >= 11 is 6.25. The maximum atomic E-state index is 14.0. The summed E-state index contributed by atoms with van der Waals surface area (Å²) in [6.07, 6.45) is -1.68. The van der Waals surface area contributed by atoms with Gasteiger partial charge in [0.2, 0.25) is 5.91 Å². The minimum absolute atomic E-state index is 0.139. The predicted molar refractivity (Wildman–Crippen MR) is 114 cm³/mol. The van der Waals surface area contributed by atoms with Gasteiger partial charge >= 0.3 is 6.18 Å². The summed E-state index contributed by atoms with van der Waals surface area (Å²) < 4.78 is 52.0. The van der Waals surface area contributed by atoms with E-state index in [0.29, 0.717) is 23.9 Å². The Morgan fingerprint density at radius 2 is 1.81 bits per heavy atom. The first-order valence-electron chi connectivity index (χ1n) is 9.83. The number of rotatable bonds is 4. The fraction of sp³-hybridized carbons (Fsp3) is 0.364. The van der Waals surface area contributed by atoms with E-state index >= 15 is 0 Å². The molecule has 2 unspecified atom stereocenters. The van der Waals surface area contributed by atoms with Gasteiger partial charge in [-0.1, -0.05) is 24.1 Å². The molecule has 1 aliphatic rings. The maximum absolute atomic E-state index is 14.0. The Kier molecular flexibility index (Phi) is 8.89. The fourth-order valence-electron chi connectivity index (χ4n) is 3.75. The summed E-state index contributed by atoms with van der Waals surface area (Å²) in [4.78, 5) is 21.0. The molecule has 3 N–H and O–H groups in total. The van der Waals surface area contributed by atoms with Gasteiger partial charge in [-0.3, -0.25) is 9.59 Å². The largest absolute Gasteiger partial charge is 0.483 e. The maximum Gasteiger partial charge on any atom is 0.416 e. The van der Waals surface area contributed by atoms with Gasteiger partial charge in [-0.05, 0) is 61.1 Å². The highest BCUT2D eigenvalue weighted by molar-refractivity contribution is 6.33. The number of hydrogen-bond donors (Lipinski definition) is 3. The summed E-state index contributed by atoms with van der Waals surface area (Å²) in [5.74, 6) is -1.69. The highest BCUT2D eigenvalue weighted by Crippen LogP contribution is 2.39. The van der Waals surface area contributed by atoms with E-state index in [1.807, 2.05) is 18.2 Å². The van der Waals surface area contributed by atoms with Crippen molar-refractivity contribution >= 4 is 35.4 Å². The first-order valence-corrected chi connectivity index (χ1v) is 10.2. The highest BCUT2D eigenvalue weighted by Gasteiger charge is 2.32. The predicted octanol–water partition coefficient (Wildman–Crippen LogP) is 6.15. The summed E-state index contributed by atoms with van der Waals surface area (Å²) in [6, 6.07) is 7.84. The highest BCUT2D eigenvalue weighted by atomic mass is 35.5. The zero-order valence-corrected chi connectivity index (χ0v) is 17.9. The van der Waals surface area contributed by atoms with Gasteiger partial charge in [0, 0.05) is 13.0 Å². The van der Waals surface area contributed by atoms with Crippen LogP contribution in [0.2, 0.25) is 5.02 Å². The molecule has 5 nitrogen and oxygen atoms in total. The number of carboxylic acid groups (broad SMARTS) is 1. The lowest BCUT2D eigenvalue weighted by Gasteiger charge is -2.29. The number of amides is 1. The number of carbonyl (C=O) groups excluding carboxylic acids is 1. The Hall–Kier alpha value is -2.81. The fourth-order valence-corrected chi connectivity index (χ4v) is 4.03. The molecular formula is C22H23ClF4N2O3. The van der Waals surface area contributed by atoms with Crippen LogP contribution in [0.1, 0.15) is 42.7 Å². The third-order valence-corrected chi connectivity index (χ3v) is 5.65. The second-order valence-electron chi connectivity index (χ2n) is 7.34. The second kappa shape index (κ2) is 11.2. The molecule has 0 spiro atoms. The van der Waals surface area contributed by atoms with Crippen molar-refractivity contribution in [2.45, 2.75) is 37.8 Å². The van der Waals surface area contributed by atoms with Gasteiger partial charge in [0.05, 0.1) is 22.0 Å². The SMILES string of the molecule is CNc1ccc(C2CCCC(C(=O)Nc3ccc(C(F)(F)F)cc3F)C2)cc1Cl.O=CO. The average molecular weight is 475 g/mol. The van der Waals surface area contributed by atoms with Crippen molar-refractivity contribution in [1.82, 2.24) is 0 Å². The number of anilines is 2. The van der Waals surface area contributed by atoms with Crippen LogP contribution < -0.4 is 10.6 Å². The zero-order valence-electron chi connectivity index (χ0n) is 17.2. The first kappa shape index (κ1) is 25.5. The molecule has 2 aromatic carbocycles. The molecule has 0 radical (unpaired) electrons. The van der Waals surface area contributed by atoms with Crippen molar-refractivity contribution < 1.29 is 32.3 Å². The van der Waals surface area contributed by atoms with E-state index in [2.05, 4.69) is 10.6 Å². The molecule has 1 amide bonds. The smallest absolute Gasteiger partial charge is 0.416 e. The van der Waals surface area contributed by atoms with Crippen molar-refractivity contribution in [2.24, 2.45) is 5.92 Å². The molecule has 10 heteroatoms. The van der Waals surface area contributed by atoms with Gasteiger partial charge in [-0.25, -0.2) is 4.39 Å². The van der Waals surface area contributed by atoms with Gasteiger partial charge in [0.25, 0.3) is 6.47 Å². The second-order valence-corrected chi connectivity index (χ2v) is 7.74. The van der Waals surface area contributed by atoms with E-state index in [4.69, 9.17) is 21.5 Å². The van der Waals surface area contributed by atoms with Crippen LogP contribution in [-0.2, 0) is 15.8 Å². The first-order chi connectivity index (χ1) is 15.1. The van der Waals surface area contributed by atoms with Gasteiger partial charge in [-0.15, -0.1) is 0 Å². The van der Waals surface area contributed by atoms with E-state index in [9.17, 15) is 22.4 Å². The number of halogens is 5. The molecular weight excluding hydrogens is 452 g/mol. The molecule has 1 fully saturated rings. The standard InChI is InChI=1S/C21H21ClF4N2O.CH2O2/c1-27-18-7-5-13(10-16(18)22)12-3-2-4-14(9-12)20(29)28-19-8-6-15(11-17(19)23)21(24,25)26;2-1-3/h5-8,10-12,14,27H,2-4,9H2,1H3,(H,28,29);1H,(H,2,3). The quantitative estimate of drug-likeness (QED) is 0.366. The molecule has 0 bridgehead atoms. The number of nitrogens with one attached hydrogen (secondary N) is 2. The van der Waals surface area contributed by atoms with Gasteiger partial charge in [-0.2, -0.15) is 13.2 Å². The van der Waals surface area contributed by atoms with E-state index in [-0.39, 0.29) is 29.9 Å². The lowest BCUT2D eigenvalue weighted by Crippen LogP contribution is -2.28. The minimum atomic E-state index is -4.63. The molecule has 32 heavy (non-hydrogen) atoms. The molecule has 2 atom stereocenters. The summed E-state index contributed by atoms with van der Waals surface area (Å²) in [6.45, 7) is -0.250. The lowest BCUT2D eigenvalue weighted by molar-refractivity contribution is -0.137. The van der Waals surface area contributed by atoms with Gasteiger partial charge < -0.3 is 15.7 Å². The number of hydrogen-bond acceptors (Lipinski definition) is 3. The molecule has 1 saturated carbocycles. The van der Waals surface area contributed by atoms with Crippen LogP contribution in [0.15, 0.2) is 36.4 Å². The Balaban J connectivity index is 0.00000114. The molecule has 0 saturated heterocycles. The zero-order chi connectivity index (χ0) is 23.9. The Morgan fingerprint density at radius 3 is 2.38 bits per heavy atom. The van der Waals surface area contributed by atoms with Crippen LogP contribution in [0.25, 0.3) is 0 Å². The summed E-state index contributed by atoms with van der Waals surface area (Å²) in [5.41, 5.74) is 0.518. The molecule has 1 aliphatic carbocycles. The Labute approximate surface area is 187 Å². The third kappa shape index (κ3) is 6.59. The Bertz CT molecular complexity index is 953. The summed E-state index contributed by atoms with van der Waals surface area (Å²) in [7, 11) is 1.78. The van der Waals surface area contributed by atoms with Crippen molar-refractivity contribution in [2.75, 3.05) is 17.7 Å². The van der Waals surface area contributed by atoms with Crippen LogP contribution in [0, 0.1) is 11.7 Å². The molecule has 0 heterocycles. The molecule has 174 valence electrons. The van der Waals surface area contributed by atoms with E-state index in [0.717, 1.165) is 36.2 Å². The number of benzene rings is 2. The number of carbonyl (C=O) groups is 2. The van der Waals surface area contributed by atoms with E-state index in [1.54, 1.807) is 7.05 Å². The van der Waals surface area contributed by atoms with Gasteiger partial charge in [0.1, 0.15) is 5.82 Å². The van der Waals surface area contributed by atoms with Crippen LogP contribution in [0.5, 0.6) is 0 Å². The summed E-state index contributed by atoms with van der Waals surface area (Å²) in [5, 5.41) is 12.9. The Morgan fingerprint density at radius 1 is 1.16 bits per heavy atom. The minimum Gasteiger partial charge on any atom is -0.483 e. The lowest BCUT2D eigenvalue weighted by atomic mass is 9.77. The van der Waals surface area contributed by atoms with Crippen LogP contribution in [0.4, 0.5) is 28.9 Å². The molecule has 3 rings (SSSR count). The van der Waals surface area contributed by atoms with Crippen molar-refractivity contribution in [3.8, 4) is 0 Å². The topological polar surface area (TPSA) is 78.4 Å². The van der Waals surface area contributed by atoms with E-state index < -0.39 is 17.6 Å². The van der Waals surface area contributed by atoms with Crippen LogP contribution in [0.3, 0.4) is 0 Å². The third-order valence-electron chi connectivity index (χ3n) is 5.33. The average Bonchev–Trinajstić information content (AvgIpc) is 2.75. The van der Waals surface area contributed by atoms with Gasteiger partial charge in [0.15, 0.2) is 0 Å². The van der Waals surface area contributed by atoms with Crippen molar-refractivity contribution in [1.29, 1.82) is 0 Å². The van der Waals surface area contributed by atoms with Crippen LogP contribution >= 0.6 is 11.6 Å². The van der Waals surface area contributed by atoms with E-state index in [1.165, 1.54) is 0 Å². The molecule has 0 aliphatic heterocycles. The number of alkyl halides is 3. The molecule has 0 aromatic heterocycles. The van der Waals surface area contributed by atoms with Crippen molar-refractivity contribution in [3.05, 3.63) is 58.4 Å². The monoisotopic (exact) mass is 474 g/mol. The van der Waals surface area contributed by atoms with Crippen LogP contribution in [-0.4, -0.2) is 24.5 Å². The normalized spacial score (nSPS) is 18.2.